The number of fused-ring (bicyclic) bond motifs is 3. The van der Waals surface area contributed by atoms with E-state index in [1.165, 1.54) is 5.56 Å². The van der Waals surface area contributed by atoms with E-state index in [1.807, 2.05) is 55.7 Å². The molecule has 3 heterocycles. The normalized spacial score (nSPS) is 11.2. The third kappa shape index (κ3) is 3.45. The Bertz CT molecular complexity index is 1820. The van der Waals surface area contributed by atoms with Crippen molar-refractivity contribution in [3.05, 3.63) is 114 Å². The van der Waals surface area contributed by atoms with Crippen LogP contribution in [0.2, 0.25) is 0 Å². The van der Waals surface area contributed by atoms with Gasteiger partial charge in [-0.3, -0.25) is 0 Å². The maximum absolute atomic E-state index is 7.94. The molecule has 0 saturated carbocycles. The average molecular weight is 467 g/mol. The molecular weight excluding hydrogens is 442 g/mol. The minimum absolute atomic E-state index is 0.491. The standard InChI is InChI=1S/C32H24N3O/c1-20-13-15-25-30-27(33-3)19-26(24-16-14-23(18-21(24)2)22-10-6-5-7-11-22)34-32(30)36-31(25)29(20)28-12-8-9-17-35(28)4/h5-19H,1-2,4H3/q+1. The highest BCUT2D eigenvalue weighted by Gasteiger charge is 2.23. The number of rotatable bonds is 3. The van der Waals surface area contributed by atoms with Crippen molar-refractivity contribution < 1.29 is 8.98 Å². The van der Waals surface area contributed by atoms with Crippen LogP contribution >= 0.6 is 0 Å². The topological polar surface area (TPSA) is 34.3 Å². The Morgan fingerprint density at radius 2 is 1.64 bits per heavy atom. The summed E-state index contributed by atoms with van der Waals surface area (Å²) in [6, 6.07) is 28.8. The first kappa shape index (κ1) is 21.8. The van der Waals surface area contributed by atoms with Crippen molar-refractivity contribution >= 4 is 27.8 Å². The summed E-state index contributed by atoms with van der Waals surface area (Å²) in [5, 5.41) is 1.68. The van der Waals surface area contributed by atoms with Crippen LogP contribution in [0.1, 0.15) is 11.1 Å². The Balaban J connectivity index is 1.57. The Morgan fingerprint density at radius 3 is 2.39 bits per heavy atom. The Labute approximate surface area is 209 Å². The van der Waals surface area contributed by atoms with Crippen LogP contribution in [0.15, 0.2) is 95.5 Å². The second kappa shape index (κ2) is 8.48. The molecular formula is C32H24N3O+. The molecule has 0 radical (unpaired) electrons. The zero-order valence-corrected chi connectivity index (χ0v) is 20.4. The summed E-state index contributed by atoms with van der Waals surface area (Å²) in [5.74, 6) is 0. The second-order valence-electron chi connectivity index (χ2n) is 9.15. The fraction of sp³-hybridized carbons (Fsp3) is 0.0938. The molecule has 0 fully saturated rings. The quantitative estimate of drug-likeness (QED) is 0.196. The molecule has 0 aliphatic heterocycles. The predicted octanol–water partition coefficient (Wildman–Crippen LogP) is 7.97. The minimum atomic E-state index is 0.491. The SMILES string of the molecule is [C-]#[N+]c1cc(-c2ccc(-c3ccccc3)cc2C)nc2oc3c(-c4cccc[n+]4C)c(C)ccc3c12. The third-order valence-corrected chi connectivity index (χ3v) is 6.84. The fourth-order valence-electron chi connectivity index (χ4n) is 5.01. The summed E-state index contributed by atoms with van der Waals surface area (Å²) in [6.07, 6.45) is 2.03. The molecule has 0 N–H and O–H groups in total. The predicted molar refractivity (Wildman–Crippen MR) is 145 cm³/mol. The van der Waals surface area contributed by atoms with Gasteiger partial charge >= 0.3 is 0 Å². The maximum Gasteiger partial charge on any atom is 0.217 e. The van der Waals surface area contributed by atoms with E-state index in [-0.39, 0.29) is 0 Å². The second-order valence-corrected chi connectivity index (χ2v) is 9.15. The van der Waals surface area contributed by atoms with Crippen LogP contribution in [0.4, 0.5) is 5.69 Å². The van der Waals surface area contributed by atoms with Gasteiger partial charge in [-0.05, 0) is 48.2 Å². The highest BCUT2D eigenvalue weighted by molar-refractivity contribution is 6.14. The largest absolute Gasteiger partial charge is 0.438 e. The summed E-state index contributed by atoms with van der Waals surface area (Å²) in [4.78, 5) is 8.81. The van der Waals surface area contributed by atoms with Crippen LogP contribution in [0.25, 0.3) is 60.6 Å². The van der Waals surface area contributed by atoms with Crippen molar-refractivity contribution in [1.29, 1.82) is 0 Å². The van der Waals surface area contributed by atoms with E-state index in [9.17, 15) is 0 Å². The molecule has 4 heteroatoms. The molecule has 0 spiro atoms. The van der Waals surface area contributed by atoms with Crippen molar-refractivity contribution in [3.8, 4) is 33.6 Å². The molecule has 0 saturated heterocycles. The van der Waals surface area contributed by atoms with Gasteiger partial charge in [0.15, 0.2) is 6.20 Å². The molecule has 36 heavy (non-hydrogen) atoms. The van der Waals surface area contributed by atoms with E-state index in [0.29, 0.717) is 11.4 Å². The van der Waals surface area contributed by atoms with Crippen LogP contribution < -0.4 is 4.57 Å². The summed E-state index contributed by atoms with van der Waals surface area (Å²) in [6.45, 7) is 12.1. The van der Waals surface area contributed by atoms with Crippen molar-refractivity contribution in [1.82, 2.24) is 4.98 Å². The van der Waals surface area contributed by atoms with Gasteiger partial charge in [0.05, 0.1) is 23.2 Å². The molecule has 0 amide bonds. The lowest BCUT2D eigenvalue weighted by molar-refractivity contribution is -0.660. The smallest absolute Gasteiger partial charge is 0.217 e. The number of nitrogens with zero attached hydrogens (tertiary/aromatic N) is 3. The van der Waals surface area contributed by atoms with E-state index >= 15 is 0 Å². The molecule has 3 aromatic heterocycles. The highest BCUT2D eigenvalue weighted by Crippen LogP contribution is 2.42. The summed E-state index contributed by atoms with van der Waals surface area (Å²) in [5.41, 5.74) is 10.2. The van der Waals surface area contributed by atoms with E-state index in [4.69, 9.17) is 16.0 Å². The lowest BCUT2D eigenvalue weighted by atomic mass is 9.97. The monoisotopic (exact) mass is 466 g/mol. The highest BCUT2D eigenvalue weighted by atomic mass is 16.3. The summed E-state index contributed by atoms with van der Waals surface area (Å²) < 4.78 is 8.53. The van der Waals surface area contributed by atoms with E-state index < -0.39 is 0 Å². The first-order valence-corrected chi connectivity index (χ1v) is 11.9. The first-order valence-electron chi connectivity index (χ1n) is 11.9. The van der Waals surface area contributed by atoms with Crippen molar-refractivity contribution in [3.63, 3.8) is 0 Å². The van der Waals surface area contributed by atoms with Crippen LogP contribution in [-0.2, 0) is 7.05 Å². The van der Waals surface area contributed by atoms with Crippen LogP contribution in [0.5, 0.6) is 0 Å². The number of aryl methyl sites for hydroxylation is 3. The van der Waals surface area contributed by atoms with Crippen molar-refractivity contribution in [2.24, 2.45) is 7.05 Å². The Morgan fingerprint density at radius 1 is 0.833 bits per heavy atom. The molecule has 4 nitrogen and oxygen atoms in total. The Hall–Kier alpha value is -4.75. The number of pyridine rings is 2. The molecule has 6 rings (SSSR count). The fourth-order valence-corrected chi connectivity index (χ4v) is 5.01. The summed E-state index contributed by atoms with van der Waals surface area (Å²) in [7, 11) is 2.03. The van der Waals surface area contributed by atoms with Crippen LogP contribution in [-0.4, -0.2) is 4.98 Å². The number of hydrogen-bond donors (Lipinski definition) is 0. The lowest BCUT2D eigenvalue weighted by Gasteiger charge is -2.09. The molecule has 172 valence electrons. The molecule has 0 atom stereocenters. The van der Waals surface area contributed by atoms with Gasteiger partial charge in [0, 0.05) is 23.1 Å². The average Bonchev–Trinajstić information content (AvgIpc) is 3.27. The van der Waals surface area contributed by atoms with E-state index in [0.717, 1.165) is 55.6 Å². The van der Waals surface area contributed by atoms with Crippen LogP contribution in [0, 0.1) is 20.4 Å². The number of aromatic nitrogens is 2. The lowest BCUT2D eigenvalue weighted by Crippen LogP contribution is -2.30. The van der Waals surface area contributed by atoms with Gasteiger partial charge in [-0.25, -0.2) is 14.4 Å². The van der Waals surface area contributed by atoms with Gasteiger partial charge in [0.1, 0.15) is 12.6 Å². The number of hydrogen-bond acceptors (Lipinski definition) is 2. The molecule has 0 unspecified atom stereocenters. The van der Waals surface area contributed by atoms with Gasteiger partial charge in [0.2, 0.25) is 17.1 Å². The van der Waals surface area contributed by atoms with E-state index in [2.05, 4.69) is 65.7 Å². The van der Waals surface area contributed by atoms with Crippen molar-refractivity contribution in [2.45, 2.75) is 13.8 Å². The van der Waals surface area contributed by atoms with Gasteiger partial charge < -0.3 is 4.42 Å². The minimum Gasteiger partial charge on any atom is -0.438 e. The van der Waals surface area contributed by atoms with Crippen molar-refractivity contribution in [2.75, 3.05) is 0 Å². The zero-order chi connectivity index (χ0) is 24.8. The number of furan rings is 1. The van der Waals surface area contributed by atoms with Gasteiger partial charge in [-0.15, -0.1) is 0 Å². The molecule has 0 bridgehead atoms. The Kier molecular flexibility index (Phi) is 5.13. The maximum atomic E-state index is 7.94. The zero-order valence-electron chi connectivity index (χ0n) is 20.4. The van der Waals surface area contributed by atoms with Gasteiger partial charge in [-0.1, -0.05) is 60.7 Å². The summed E-state index contributed by atoms with van der Waals surface area (Å²) >= 11 is 0. The molecule has 0 aliphatic carbocycles. The van der Waals surface area contributed by atoms with Gasteiger partial charge in [-0.2, -0.15) is 0 Å². The number of benzene rings is 3. The molecule has 6 aromatic rings. The molecule has 3 aromatic carbocycles. The van der Waals surface area contributed by atoms with Crippen LogP contribution in [0.3, 0.4) is 0 Å². The van der Waals surface area contributed by atoms with E-state index in [1.54, 1.807) is 0 Å². The third-order valence-electron chi connectivity index (χ3n) is 6.84. The van der Waals surface area contributed by atoms with Gasteiger partial charge in [0.25, 0.3) is 0 Å². The first-order chi connectivity index (χ1) is 17.5. The molecule has 0 aliphatic rings.